The van der Waals surface area contributed by atoms with Crippen LogP contribution >= 0.6 is 0 Å². The highest BCUT2D eigenvalue weighted by atomic mass is 32.2. The molecule has 0 unspecified atom stereocenters. The molecular weight excluding hydrogens is 488 g/mol. The number of amides is 1. The van der Waals surface area contributed by atoms with Gasteiger partial charge in [-0.05, 0) is 61.4 Å². The molecule has 11 nitrogen and oxygen atoms in total. The second-order valence-corrected chi connectivity index (χ2v) is 11.5. The van der Waals surface area contributed by atoms with Gasteiger partial charge in [0.1, 0.15) is 18.1 Å². The largest absolute Gasteiger partial charge is 0.497 e. The standard InChI is InChI=1S/C21H26N2O9S2/c1-30-16-2-8-19(9-3-16)34(28,29)22-12-15-32-17-4-6-18(7-5-17)33(26,27)21(20(24)23-25)10-13-31-14-11-21/h2-9,22,25H,10-15H2,1H3,(H,23,24). The van der Waals surface area contributed by atoms with Crippen LogP contribution in [0.3, 0.4) is 0 Å². The lowest BCUT2D eigenvalue weighted by Crippen LogP contribution is -2.54. The number of rotatable bonds is 10. The summed E-state index contributed by atoms with van der Waals surface area (Å²) in [5.74, 6) is -0.150. The third kappa shape index (κ3) is 5.33. The molecule has 3 rings (SSSR count). The van der Waals surface area contributed by atoms with E-state index in [1.807, 2.05) is 0 Å². The van der Waals surface area contributed by atoms with E-state index in [0.29, 0.717) is 11.5 Å². The van der Waals surface area contributed by atoms with Crippen molar-refractivity contribution in [2.45, 2.75) is 27.4 Å². The van der Waals surface area contributed by atoms with Gasteiger partial charge in [-0.15, -0.1) is 0 Å². The fraction of sp³-hybridized carbons (Fsp3) is 0.381. The van der Waals surface area contributed by atoms with E-state index >= 15 is 0 Å². The average Bonchev–Trinajstić information content (AvgIpc) is 2.86. The normalized spacial score (nSPS) is 15.9. The maximum absolute atomic E-state index is 13.2. The van der Waals surface area contributed by atoms with Crippen LogP contribution in [0.15, 0.2) is 58.3 Å². The number of hydrogen-bond acceptors (Lipinski definition) is 9. The lowest BCUT2D eigenvalue weighted by atomic mass is 9.98. The lowest BCUT2D eigenvalue weighted by molar-refractivity contribution is -0.134. The van der Waals surface area contributed by atoms with Gasteiger partial charge in [0.2, 0.25) is 10.0 Å². The van der Waals surface area contributed by atoms with Gasteiger partial charge in [-0.1, -0.05) is 0 Å². The predicted octanol–water partition coefficient (Wildman–Crippen LogP) is 0.881. The molecule has 0 saturated carbocycles. The van der Waals surface area contributed by atoms with Gasteiger partial charge in [0, 0.05) is 19.8 Å². The van der Waals surface area contributed by atoms with Crippen molar-refractivity contribution in [3.05, 3.63) is 48.5 Å². The van der Waals surface area contributed by atoms with Crippen molar-refractivity contribution in [2.24, 2.45) is 0 Å². The number of sulfonamides is 1. The highest BCUT2D eigenvalue weighted by Gasteiger charge is 2.52. The van der Waals surface area contributed by atoms with Crippen molar-refractivity contribution >= 4 is 25.8 Å². The zero-order valence-electron chi connectivity index (χ0n) is 18.4. The Morgan fingerprint density at radius 2 is 1.53 bits per heavy atom. The zero-order chi connectivity index (χ0) is 24.8. The van der Waals surface area contributed by atoms with Crippen LogP contribution in [0.2, 0.25) is 0 Å². The Morgan fingerprint density at radius 1 is 0.971 bits per heavy atom. The van der Waals surface area contributed by atoms with Gasteiger partial charge in [0.25, 0.3) is 5.91 Å². The highest BCUT2D eigenvalue weighted by molar-refractivity contribution is 7.93. The van der Waals surface area contributed by atoms with Crippen LogP contribution in [0.1, 0.15) is 12.8 Å². The number of hydrogen-bond donors (Lipinski definition) is 3. The van der Waals surface area contributed by atoms with E-state index in [1.165, 1.54) is 61.1 Å². The first kappa shape index (κ1) is 25.9. The van der Waals surface area contributed by atoms with E-state index in [-0.39, 0.29) is 49.0 Å². The second-order valence-electron chi connectivity index (χ2n) is 7.44. The summed E-state index contributed by atoms with van der Waals surface area (Å²) in [7, 11) is -6.39. The lowest BCUT2D eigenvalue weighted by Gasteiger charge is -2.34. The molecule has 1 aliphatic heterocycles. The molecule has 3 N–H and O–H groups in total. The molecule has 0 atom stereocenters. The van der Waals surface area contributed by atoms with Crippen LogP contribution in [0, 0.1) is 0 Å². The van der Waals surface area contributed by atoms with Crippen molar-refractivity contribution in [1.82, 2.24) is 10.2 Å². The average molecular weight is 515 g/mol. The number of carbonyl (C=O) groups excluding carboxylic acids is 1. The molecule has 13 heteroatoms. The van der Waals surface area contributed by atoms with Gasteiger partial charge in [-0.2, -0.15) is 0 Å². The number of carbonyl (C=O) groups is 1. The monoisotopic (exact) mass is 514 g/mol. The van der Waals surface area contributed by atoms with Gasteiger partial charge in [0.15, 0.2) is 14.6 Å². The Hall–Kier alpha value is -2.71. The van der Waals surface area contributed by atoms with Crippen LogP contribution in [-0.4, -0.2) is 66.2 Å². The summed E-state index contributed by atoms with van der Waals surface area (Å²) in [5.41, 5.74) is 1.47. The van der Waals surface area contributed by atoms with Crippen LogP contribution in [-0.2, 0) is 29.4 Å². The fourth-order valence-electron chi connectivity index (χ4n) is 3.54. The van der Waals surface area contributed by atoms with Crippen molar-refractivity contribution in [2.75, 3.05) is 33.5 Å². The van der Waals surface area contributed by atoms with Gasteiger partial charge >= 0.3 is 0 Å². The molecule has 2 aromatic carbocycles. The van der Waals surface area contributed by atoms with Crippen LogP contribution in [0.4, 0.5) is 0 Å². The van der Waals surface area contributed by atoms with E-state index in [1.54, 1.807) is 0 Å². The summed E-state index contributed by atoms with van der Waals surface area (Å²) >= 11 is 0. The van der Waals surface area contributed by atoms with Gasteiger partial charge in [-0.3, -0.25) is 10.0 Å². The Bertz CT molecular complexity index is 1190. The molecule has 34 heavy (non-hydrogen) atoms. The summed E-state index contributed by atoms with van der Waals surface area (Å²) in [6, 6.07) is 11.3. The smallest absolute Gasteiger partial charge is 0.265 e. The molecule has 1 fully saturated rings. The summed E-state index contributed by atoms with van der Waals surface area (Å²) in [4.78, 5) is 12.3. The van der Waals surface area contributed by atoms with Crippen LogP contribution in [0.5, 0.6) is 11.5 Å². The predicted molar refractivity (Wildman–Crippen MR) is 120 cm³/mol. The first-order chi connectivity index (χ1) is 16.2. The Morgan fingerprint density at radius 3 is 2.09 bits per heavy atom. The minimum Gasteiger partial charge on any atom is -0.497 e. The third-order valence-electron chi connectivity index (χ3n) is 5.50. The molecule has 1 amide bonds. The first-order valence-corrected chi connectivity index (χ1v) is 13.3. The van der Waals surface area contributed by atoms with E-state index in [2.05, 4.69) is 4.72 Å². The maximum Gasteiger partial charge on any atom is 0.265 e. The molecular formula is C21H26N2O9S2. The number of methoxy groups -OCH3 is 1. The van der Waals surface area contributed by atoms with E-state index < -0.39 is 30.5 Å². The van der Waals surface area contributed by atoms with Gasteiger partial charge in [-0.25, -0.2) is 27.0 Å². The van der Waals surface area contributed by atoms with Crippen LogP contribution < -0.4 is 19.7 Å². The molecule has 1 saturated heterocycles. The van der Waals surface area contributed by atoms with Gasteiger partial charge < -0.3 is 14.2 Å². The van der Waals surface area contributed by atoms with Crippen molar-refractivity contribution in [1.29, 1.82) is 0 Å². The molecule has 0 aromatic heterocycles. The minimum atomic E-state index is -4.14. The molecule has 1 aliphatic rings. The molecule has 186 valence electrons. The molecule has 1 heterocycles. The Kier molecular flexibility index (Phi) is 8.15. The number of sulfone groups is 1. The van der Waals surface area contributed by atoms with Crippen LogP contribution in [0.25, 0.3) is 0 Å². The molecule has 0 aliphatic carbocycles. The Labute approximate surface area is 198 Å². The zero-order valence-corrected chi connectivity index (χ0v) is 20.0. The highest BCUT2D eigenvalue weighted by Crippen LogP contribution is 2.35. The fourth-order valence-corrected chi connectivity index (χ4v) is 6.50. The summed E-state index contributed by atoms with van der Waals surface area (Å²) in [6.07, 6.45) is -0.178. The maximum atomic E-state index is 13.2. The summed E-state index contributed by atoms with van der Waals surface area (Å²) < 4.78 is 67.4. The number of hydroxylamine groups is 1. The number of nitrogens with one attached hydrogen (secondary N) is 2. The van der Waals surface area contributed by atoms with Crippen molar-refractivity contribution in [3.63, 3.8) is 0 Å². The molecule has 2 aromatic rings. The van der Waals surface area contributed by atoms with Gasteiger partial charge in [0.05, 0.1) is 16.9 Å². The minimum absolute atomic E-state index is 0.00429. The molecule has 0 radical (unpaired) electrons. The topological polar surface area (TPSA) is 157 Å². The van der Waals surface area contributed by atoms with E-state index in [4.69, 9.17) is 19.4 Å². The van der Waals surface area contributed by atoms with Crippen molar-refractivity contribution < 1.29 is 41.0 Å². The van der Waals surface area contributed by atoms with E-state index in [0.717, 1.165) is 0 Å². The molecule has 0 bridgehead atoms. The molecule has 0 spiro atoms. The first-order valence-electron chi connectivity index (χ1n) is 10.3. The number of benzene rings is 2. The SMILES string of the molecule is COc1ccc(S(=O)(=O)NCCOc2ccc(S(=O)(=O)C3(C(=O)NO)CCOCC3)cc2)cc1. The summed E-state index contributed by atoms with van der Waals surface area (Å²) in [5, 5.41) is 9.10. The third-order valence-corrected chi connectivity index (χ3v) is 9.49. The quantitative estimate of drug-likeness (QED) is 0.238. The summed E-state index contributed by atoms with van der Waals surface area (Å²) in [6.45, 7) is 0.116. The second kappa shape index (κ2) is 10.7. The number of ether oxygens (including phenoxy) is 3. The van der Waals surface area contributed by atoms with Crippen molar-refractivity contribution in [3.8, 4) is 11.5 Å². The Balaban J connectivity index is 1.61. The van der Waals surface area contributed by atoms with E-state index in [9.17, 15) is 21.6 Å².